The molecule has 0 saturated carbocycles. The minimum atomic E-state index is -4.46. The van der Waals surface area contributed by atoms with E-state index in [-0.39, 0.29) is 23.3 Å². The monoisotopic (exact) mass is 337 g/mol. The molecule has 0 bridgehead atoms. The van der Waals surface area contributed by atoms with Crippen LogP contribution < -0.4 is 10.1 Å². The Bertz CT molecular complexity index is 531. The lowest BCUT2D eigenvalue weighted by molar-refractivity contribution is -0.153. The third-order valence-electron chi connectivity index (χ3n) is 3.18. The summed E-state index contributed by atoms with van der Waals surface area (Å²) in [6, 6.07) is 4.07. The fourth-order valence-electron chi connectivity index (χ4n) is 2.08. The highest BCUT2D eigenvalue weighted by atomic mass is 35.5. The lowest BCUT2D eigenvalue weighted by Gasteiger charge is -2.22. The molecular formula is C14H15ClF3NO3. The van der Waals surface area contributed by atoms with Crippen molar-refractivity contribution in [1.29, 1.82) is 0 Å². The summed E-state index contributed by atoms with van der Waals surface area (Å²) in [6.07, 6.45) is -3.31. The summed E-state index contributed by atoms with van der Waals surface area (Å²) in [5.74, 6) is -0.576. The molecule has 122 valence electrons. The van der Waals surface area contributed by atoms with Crippen molar-refractivity contribution in [3.8, 4) is 5.75 Å². The maximum absolute atomic E-state index is 12.3. The summed E-state index contributed by atoms with van der Waals surface area (Å²) in [4.78, 5) is 12.1. The molecule has 1 aromatic carbocycles. The molecule has 0 aromatic heterocycles. The second-order valence-corrected chi connectivity index (χ2v) is 5.36. The standard InChI is InChI=1S/C14H15ClF3NO3/c15-10-1-2-12(22-8-14(16,17)18)11(7-10)19-13(20)9-3-5-21-6-4-9/h1-2,7,9H,3-6,8H2,(H,19,20). The van der Waals surface area contributed by atoms with Gasteiger partial charge in [-0.3, -0.25) is 4.79 Å². The molecule has 1 fully saturated rings. The number of hydrogen-bond acceptors (Lipinski definition) is 3. The second-order valence-electron chi connectivity index (χ2n) is 4.92. The smallest absolute Gasteiger partial charge is 0.422 e. The first-order valence-corrected chi connectivity index (χ1v) is 7.10. The number of alkyl halides is 3. The largest absolute Gasteiger partial charge is 0.482 e. The van der Waals surface area contributed by atoms with Crippen molar-refractivity contribution >= 4 is 23.2 Å². The highest BCUT2D eigenvalue weighted by Crippen LogP contribution is 2.30. The molecule has 1 saturated heterocycles. The quantitative estimate of drug-likeness (QED) is 0.912. The van der Waals surface area contributed by atoms with Crippen LogP contribution >= 0.6 is 11.6 Å². The number of amides is 1. The first kappa shape index (κ1) is 16.9. The van der Waals surface area contributed by atoms with Gasteiger partial charge in [0.15, 0.2) is 6.61 Å². The molecule has 1 aliphatic heterocycles. The molecule has 8 heteroatoms. The number of benzene rings is 1. The van der Waals surface area contributed by atoms with E-state index in [1.54, 1.807) is 0 Å². The van der Waals surface area contributed by atoms with Crippen molar-refractivity contribution in [3.05, 3.63) is 23.2 Å². The fourth-order valence-corrected chi connectivity index (χ4v) is 2.25. The van der Waals surface area contributed by atoms with E-state index >= 15 is 0 Å². The molecule has 22 heavy (non-hydrogen) atoms. The van der Waals surface area contributed by atoms with E-state index < -0.39 is 12.8 Å². The van der Waals surface area contributed by atoms with Gasteiger partial charge in [0.2, 0.25) is 5.91 Å². The van der Waals surface area contributed by atoms with E-state index in [1.807, 2.05) is 0 Å². The zero-order valence-electron chi connectivity index (χ0n) is 11.6. The van der Waals surface area contributed by atoms with Crippen molar-refractivity contribution in [2.24, 2.45) is 5.92 Å². The lowest BCUT2D eigenvalue weighted by Crippen LogP contribution is -2.29. The minimum absolute atomic E-state index is 0.0675. The van der Waals surface area contributed by atoms with Crippen molar-refractivity contribution in [3.63, 3.8) is 0 Å². The number of carbonyl (C=O) groups excluding carboxylic acids is 1. The zero-order chi connectivity index (χ0) is 16.2. The summed E-state index contributed by atoms with van der Waals surface area (Å²) in [5.41, 5.74) is 0.133. The highest BCUT2D eigenvalue weighted by Gasteiger charge is 2.29. The van der Waals surface area contributed by atoms with E-state index in [1.165, 1.54) is 18.2 Å². The predicted octanol–water partition coefficient (Wildman–Crippen LogP) is 3.65. The molecular weight excluding hydrogens is 323 g/mol. The summed E-state index contributed by atoms with van der Waals surface area (Å²) in [7, 11) is 0. The van der Waals surface area contributed by atoms with Gasteiger partial charge >= 0.3 is 6.18 Å². The Morgan fingerprint density at radius 2 is 2.05 bits per heavy atom. The van der Waals surface area contributed by atoms with Crippen LogP contribution in [0.3, 0.4) is 0 Å². The summed E-state index contributed by atoms with van der Waals surface area (Å²) in [5, 5.41) is 2.88. The van der Waals surface area contributed by atoms with Gasteiger partial charge in [0.05, 0.1) is 5.69 Å². The lowest BCUT2D eigenvalue weighted by atomic mass is 9.99. The Labute approximate surface area is 130 Å². The van der Waals surface area contributed by atoms with Crippen LogP contribution in [0.15, 0.2) is 18.2 Å². The van der Waals surface area contributed by atoms with Gasteiger partial charge in [0.1, 0.15) is 5.75 Å². The summed E-state index contributed by atoms with van der Waals surface area (Å²) in [6.45, 7) is -0.453. The van der Waals surface area contributed by atoms with Crippen LogP contribution in [-0.2, 0) is 9.53 Å². The van der Waals surface area contributed by atoms with E-state index in [0.29, 0.717) is 31.1 Å². The molecule has 0 spiro atoms. The minimum Gasteiger partial charge on any atom is -0.482 e. The van der Waals surface area contributed by atoms with Crippen LogP contribution in [0.5, 0.6) is 5.75 Å². The van der Waals surface area contributed by atoms with E-state index in [4.69, 9.17) is 21.1 Å². The maximum Gasteiger partial charge on any atom is 0.422 e. The number of hydrogen-bond donors (Lipinski definition) is 1. The van der Waals surface area contributed by atoms with Crippen molar-refractivity contribution < 1.29 is 27.4 Å². The van der Waals surface area contributed by atoms with E-state index in [0.717, 1.165) is 0 Å². The molecule has 1 heterocycles. The van der Waals surface area contributed by atoms with Gasteiger partial charge in [-0.15, -0.1) is 0 Å². The Morgan fingerprint density at radius 1 is 1.36 bits per heavy atom. The predicted molar refractivity (Wildman–Crippen MR) is 75.2 cm³/mol. The fraction of sp³-hybridized carbons (Fsp3) is 0.500. The van der Waals surface area contributed by atoms with Gasteiger partial charge < -0.3 is 14.8 Å². The summed E-state index contributed by atoms with van der Waals surface area (Å²) < 4.78 is 46.6. The SMILES string of the molecule is O=C(Nc1cc(Cl)ccc1OCC(F)(F)F)C1CCOCC1. The van der Waals surface area contributed by atoms with E-state index in [2.05, 4.69) is 5.32 Å². The first-order chi connectivity index (χ1) is 10.3. The number of rotatable bonds is 4. The third-order valence-corrected chi connectivity index (χ3v) is 3.42. The molecule has 1 N–H and O–H groups in total. The van der Waals surface area contributed by atoms with Gasteiger partial charge in [-0.05, 0) is 31.0 Å². The highest BCUT2D eigenvalue weighted by molar-refractivity contribution is 6.31. The van der Waals surface area contributed by atoms with Crippen LogP contribution in [0.4, 0.5) is 18.9 Å². The Kier molecular flexibility index (Phi) is 5.52. The molecule has 1 amide bonds. The van der Waals surface area contributed by atoms with Crippen LogP contribution in [0, 0.1) is 5.92 Å². The van der Waals surface area contributed by atoms with Crippen LogP contribution in [0.2, 0.25) is 5.02 Å². The van der Waals surface area contributed by atoms with Gasteiger partial charge in [0.25, 0.3) is 0 Å². The average molecular weight is 338 g/mol. The molecule has 0 unspecified atom stereocenters. The van der Waals surface area contributed by atoms with Gasteiger partial charge in [-0.2, -0.15) is 13.2 Å². The topological polar surface area (TPSA) is 47.6 Å². The Hall–Kier alpha value is -1.47. The molecule has 0 atom stereocenters. The van der Waals surface area contributed by atoms with Gasteiger partial charge in [0, 0.05) is 24.2 Å². The van der Waals surface area contributed by atoms with E-state index in [9.17, 15) is 18.0 Å². The van der Waals surface area contributed by atoms with Crippen LogP contribution in [0.25, 0.3) is 0 Å². The Morgan fingerprint density at radius 3 is 2.68 bits per heavy atom. The second kappa shape index (κ2) is 7.19. The number of ether oxygens (including phenoxy) is 2. The van der Waals surface area contributed by atoms with Crippen molar-refractivity contribution in [1.82, 2.24) is 0 Å². The molecule has 2 rings (SSSR count). The van der Waals surface area contributed by atoms with Crippen molar-refractivity contribution in [2.45, 2.75) is 19.0 Å². The zero-order valence-corrected chi connectivity index (χ0v) is 12.3. The van der Waals surface area contributed by atoms with Crippen molar-refractivity contribution in [2.75, 3.05) is 25.1 Å². The third kappa shape index (κ3) is 5.06. The molecule has 1 aromatic rings. The van der Waals surface area contributed by atoms with Gasteiger partial charge in [-0.1, -0.05) is 11.6 Å². The number of nitrogens with one attached hydrogen (secondary N) is 1. The Balaban J connectivity index is 2.07. The number of carbonyl (C=O) groups is 1. The first-order valence-electron chi connectivity index (χ1n) is 6.73. The molecule has 0 radical (unpaired) electrons. The van der Waals surface area contributed by atoms with Crippen LogP contribution in [0.1, 0.15) is 12.8 Å². The maximum atomic E-state index is 12.3. The molecule has 1 aliphatic rings. The molecule has 0 aliphatic carbocycles. The summed E-state index contributed by atoms with van der Waals surface area (Å²) >= 11 is 5.83. The average Bonchev–Trinajstić information content (AvgIpc) is 2.46. The number of anilines is 1. The normalized spacial score (nSPS) is 16.4. The van der Waals surface area contributed by atoms with Gasteiger partial charge in [-0.25, -0.2) is 0 Å². The molecule has 4 nitrogen and oxygen atoms in total. The number of halogens is 4. The van der Waals surface area contributed by atoms with Crippen LogP contribution in [-0.4, -0.2) is 31.9 Å².